The van der Waals surface area contributed by atoms with Crippen LogP contribution in [0.1, 0.15) is 41.3 Å². The summed E-state index contributed by atoms with van der Waals surface area (Å²) >= 11 is 1.58. The van der Waals surface area contributed by atoms with Gasteiger partial charge in [-0.3, -0.25) is 4.79 Å². The minimum absolute atomic E-state index is 0.0391. The molecule has 0 unspecified atom stereocenters. The second-order valence-corrected chi connectivity index (χ2v) is 7.41. The van der Waals surface area contributed by atoms with E-state index in [0.717, 1.165) is 33.9 Å². The minimum atomic E-state index is 0.0391. The molecule has 136 valence electrons. The fourth-order valence-electron chi connectivity index (χ4n) is 2.63. The van der Waals surface area contributed by atoms with E-state index in [9.17, 15) is 4.79 Å². The van der Waals surface area contributed by atoms with Gasteiger partial charge >= 0.3 is 0 Å². The Labute approximate surface area is 158 Å². The number of Topliss-reactive ketones (excluding diaryl/α,β-unsaturated/α-hetero) is 1. The SMILES string of the molecule is CCCCOc1ccc(C(=O)CNc2nc3c(C)c(C)ccc3s2)cc1. The van der Waals surface area contributed by atoms with Crippen LogP contribution in [0.4, 0.5) is 5.13 Å². The molecular weight excluding hydrogens is 344 g/mol. The van der Waals surface area contributed by atoms with E-state index in [4.69, 9.17) is 4.74 Å². The molecule has 1 heterocycles. The number of carbonyl (C=O) groups is 1. The van der Waals surface area contributed by atoms with Gasteiger partial charge in [0.05, 0.1) is 23.4 Å². The van der Waals surface area contributed by atoms with Crippen LogP contribution in [0, 0.1) is 13.8 Å². The molecule has 4 nitrogen and oxygen atoms in total. The van der Waals surface area contributed by atoms with Crippen molar-refractivity contribution < 1.29 is 9.53 Å². The van der Waals surface area contributed by atoms with Crippen molar-refractivity contribution in [3.8, 4) is 5.75 Å². The molecule has 1 N–H and O–H groups in total. The number of aromatic nitrogens is 1. The summed E-state index contributed by atoms with van der Waals surface area (Å²) in [4.78, 5) is 17.0. The molecule has 0 aliphatic rings. The van der Waals surface area contributed by atoms with Gasteiger partial charge in [-0.15, -0.1) is 0 Å². The number of aryl methyl sites for hydroxylation is 2. The summed E-state index contributed by atoms with van der Waals surface area (Å²) in [5.41, 5.74) is 4.11. The van der Waals surface area contributed by atoms with E-state index in [2.05, 4.69) is 43.2 Å². The first-order valence-corrected chi connectivity index (χ1v) is 9.77. The number of fused-ring (bicyclic) bond motifs is 1. The van der Waals surface area contributed by atoms with Gasteiger partial charge in [0, 0.05) is 5.56 Å². The molecule has 0 bridgehead atoms. The Balaban J connectivity index is 1.61. The normalized spacial score (nSPS) is 10.9. The molecule has 1 aromatic heterocycles. The van der Waals surface area contributed by atoms with Gasteiger partial charge in [-0.2, -0.15) is 0 Å². The average molecular weight is 369 g/mol. The molecule has 0 saturated heterocycles. The van der Waals surface area contributed by atoms with Gasteiger partial charge < -0.3 is 10.1 Å². The van der Waals surface area contributed by atoms with E-state index >= 15 is 0 Å². The number of carbonyl (C=O) groups excluding carboxylic acids is 1. The number of hydrogen-bond donors (Lipinski definition) is 1. The molecule has 26 heavy (non-hydrogen) atoms. The Morgan fingerprint density at radius 2 is 1.92 bits per heavy atom. The molecular formula is C21H24N2O2S. The highest BCUT2D eigenvalue weighted by molar-refractivity contribution is 7.22. The number of nitrogens with zero attached hydrogens (tertiary/aromatic N) is 1. The van der Waals surface area contributed by atoms with E-state index < -0.39 is 0 Å². The lowest BCUT2D eigenvalue weighted by Crippen LogP contribution is -2.13. The number of rotatable bonds is 8. The van der Waals surface area contributed by atoms with E-state index in [1.807, 2.05) is 24.3 Å². The highest BCUT2D eigenvalue weighted by Gasteiger charge is 2.10. The monoisotopic (exact) mass is 368 g/mol. The quantitative estimate of drug-likeness (QED) is 0.428. The number of unbranched alkanes of at least 4 members (excludes halogenated alkanes) is 1. The van der Waals surface area contributed by atoms with E-state index in [1.54, 1.807) is 11.3 Å². The topological polar surface area (TPSA) is 51.2 Å². The zero-order valence-corrected chi connectivity index (χ0v) is 16.3. The van der Waals surface area contributed by atoms with E-state index in [-0.39, 0.29) is 12.3 Å². The maximum atomic E-state index is 12.4. The first-order chi connectivity index (χ1) is 12.6. The zero-order valence-electron chi connectivity index (χ0n) is 15.5. The van der Waals surface area contributed by atoms with Crippen molar-refractivity contribution >= 4 is 32.5 Å². The van der Waals surface area contributed by atoms with Crippen molar-refractivity contribution in [1.82, 2.24) is 4.98 Å². The van der Waals surface area contributed by atoms with Crippen LogP contribution in [0.15, 0.2) is 36.4 Å². The third-order valence-electron chi connectivity index (χ3n) is 4.43. The van der Waals surface area contributed by atoms with Crippen LogP contribution in [0.5, 0.6) is 5.75 Å². The largest absolute Gasteiger partial charge is 0.494 e. The van der Waals surface area contributed by atoms with Crippen LogP contribution >= 0.6 is 11.3 Å². The fraction of sp³-hybridized carbons (Fsp3) is 0.333. The lowest BCUT2D eigenvalue weighted by atomic mass is 10.1. The molecule has 0 amide bonds. The summed E-state index contributed by atoms with van der Waals surface area (Å²) in [5, 5.41) is 3.94. The molecule has 0 aliphatic heterocycles. The first-order valence-electron chi connectivity index (χ1n) is 8.95. The number of thiazole rings is 1. The molecule has 0 radical (unpaired) electrons. The number of anilines is 1. The molecule has 0 fully saturated rings. The summed E-state index contributed by atoms with van der Waals surface area (Å²) in [6, 6.07) is 11.5. The molecule has 0 saturated carbocycles. The van der Waals surface area contributed by atoms with Gasteiger partial charge in [0.1, 0.15) is 5.75 Å². The number of hydrogen-bond acceptors (Lipinski definition) is 5. The smallest absolute Gasteiger partial charge is 0.184 e. The van der Waals surface area contributed by atoms with Gasteiger partial charge in [-0.25, -0.2) is 4.98 Å². The average Bonchev–Trinajstić information content (AvgIpc) is 3.08. The van der Waals surface area contributed by atoms with Gasteiger partial charge in [0.15, 0.2) is 10.9 Å². The van der Waals surface area contributed by atoms with Crippen LogP contribution in [0.25, 0.3) is 10.2 Å². The van der Waals surface area contributed by atoms with Crippen molar-refractivity contribution in [2.75, 3.05) is 18.5 Å². The van der Waals surface area contributed by atoms with Crippen molar-refractivity contribution in [3.05, 3.63) is 53.1 Å². The van der Waals surface area contributed by atoms with Gasteiger partial charge in [0.2, 0.25) is 0 Å². The third kappa shape index (κ3) is 4.22. The molecule has 3 rings (SSSR count). The van der Waals surface area contributed by atoms with Gasteiger partial charge in [0.25, 0.3) is 0 Å². The molecule has 0 atom stereocenters. The van der Waals surface area contributed by atoms with Crippen molar-refractivity contribution in [2.45, 2.75) is 33.6 Å². The summed E-state index contributed by atoms with van der Waals surface area (Å²) in [5.74, 6) is 0.845. The first kappa shape index (κ1) is 18.4. The molecule has 2 aromatic carbocycles. The van der Waals surface area contributed by atoms with E-state index in [0.29, 0.717) is 12.2 Å². The van der Waals surface area contributed by atoms with Crippen LogP contribution in [-0.2, 0) is 0 Å². The standard InChI is InChI=1S/C21H24N2O2S/c1-4-5-12-25-17-9-7-16(8-10-17)18(24)13-22-21-23-20-15(3)14(2)6-11-19(20)26-21/h6-11H,4-5,12-13H2,1-3H3,(H,22,23). The Kier molecular flexibility index (Phi) is 5.89. The van der Waals surface area contributed by atoms with Crippen molar-refractivity contribution in [2.24, 2.45) is 0 Å². The van der Waals surface area contributed by atoms with Crippen LogP contribution in [0.3, 0.4) is 0 Å². The summed E-state index contributed by atoms with van der Waals surface area (Å²) < 4.78 is 6.77. The van der Waals surface area contributed by atoms with E-state index in [1.165, 1.54) is 11.1 Å². The summed E-state index contributed by atoms with van der Waals surface area (Å²) in [6.45, 7) is 7.23. The lowest BCUT2D eigenvalue weighted by Gasteiger charge is -2.06. The maximum absolute atomic E-state index is 12.4. The zero-order chi connectivity index (χ0) is 18.5. The molecule has 5 heteroatoms. The number of benzene rings is 2. The lowest BCUT2D eigenvalue weighted by molar-refractivity contribution is 0.101. The Morgan fingerprint density at radius 1 is 1.15 bits per heavy atom. The second-order valence-electron chi connectivity index (χ2n) is 6.38. The Bertz CT molecular complexity index is 900. The predicted molar refractivity (Wildman–Crippen MR) is 109 cm³/mol. The van der Waals surface area contributed by atoms with Crippen molar-refractivity contribution in [1.29, 1.82) is 0 Å². The minimum Gasteiger partial charge on any atom is -0.494 e. The van der Waals surface area contributed by atoms with Crippen LogP contribution < -0.4 is 10.1 Å². The Hall–Kier alpha value is -2.40. The van der Waals surface area contributed by atoms with Crippen molar-refractivity contribution in [3.63, 3.8) is 0 Å². The maximum Gasteiger partial charge on any atom is 0.184 e. The van der Waals surface area contributed by atoms with Crippen LogP contribution in [-0.4, -0.2) is 23.9 Å². The number of ketones is 1. The van der Waals surface area contributed by atoms with Gasteiger partial charge in [-0.05, 0) is 61.7 Å². The molecule has 0 aliphatic carbocycles. The molecule has 3 aromatic rings. The van der Waals surface area contributed by atoms with Gasteiger partial charge in [-0.1, -0.05) is 30.7 Å². The fourth-order valence-corrected chi connectivity index (χ4v) is 3.55. The summed E-state index contributed by atoms with van der Waals surface area (Å²) in [6.07, 6.45) is 2.14. The van der Waals surface area contributed by atoms with Crippen LogP contribution in [0.2, 0.25) is 0 Å². The summed E-state index contributed by atoms with van der Waals surface area (Å²) in [7, 11) is 0. The highest BCUT2D eigenvalue weighted by Crippen LogP contribution is 2.29. The third-order valence-corrected chi connectivity index (χ3v) is 5.41. The highest BCUT2D eigenvalue weighted by atomic mass is 32.1. The Morgan fingerprint density at radius 3 is 2.65 bits per heavy atom. The number of nitrogens with one attached hydrogen (secondary N) is 1. The number of ether oxygens (including phenoxy) is 1. The second kappa shape index (κ2) is 8.32. The predicted octanol–water partition coefficient (Wildman–Crippen LogP) is 5.39. The molecule has 0 spiro atoms.